The summed E-state index contributed by atoms with van der Waals surface area (Å²) in [6, 6.07) is 19.4. The van der Waals surface area contributed by atoms with Crippen LogP contribution >= 0.6 is 11.6 Å². The van der Waals surface area contributed by atoms with Crippen molar-refractivity contribution in [1.82, 2.24) is 14.7 Å². The van der Waals surface area contributed by atoms with Crippen LogP contribution in [0.4, 0.5) is 4.79 Å². The standard InChI is InChI=1S/C24H26ClN3O2/c1-26-23(30)28(17-20-10-6-3-7-11-20)22(29)24(26)12-14-27(15-13-24)18-21(25)16-19-8-4-2-5-9-19/h2-11,16H,12-15,17-18H2,1H3/b21-16-. The fraction of sp³-hybridized carbons (Fsp3) is 0.333. The number of imide groups is 1. The van der Waals surface area contributed by atoms with Gasteiger partial charge in [-0.05, 0) is 30.0 Å². The molecule has 156 valence electrons. The second kappa shape index (κ2) is 8.62. The van der Waals surface area contributed by atoms with E-state index in [0.717, 1.165) is 29.2 Å². The summed E-state index contributed by atoms with van der Waals surface area (Å²) in [6.45, 7) is 2.41. The molecule has 0 radical (unpaired) electrons. The highest BCUT2D eigenvalue weighted by Crippen LogP contribution is 2.37. The average molecular weight is 424 g/mol. The maximum Gasteiger partial charge on any atom is 0.327 e. The van der Waals surface area contributed by atoms with Gasteiger partial charge in [-0.2, -0.15) is 0 Å². The highest BCUT2D eigenvalue weighted by atomic mass is 35.5. The summed E-state index contributed by atoms with van der Waals surface area (Å²) < 4.78 is 0. The lowest BCUT2D eigenvalue weighted by Crippen LogP contribution is -2.55. The first-order chi connectivity index (χ1) is 14.5. The van der Waals surface area contributed by atoms with Gasteiger partial charge >= 0.3 is 6.03 Å². The number of carbonyl (C=O) groups excluding carboxylic acids is 2. The van der Waals surface area contributed by atoms with Crippen molar-refractivity contribution in [2.24, 2.45) is 0 Å². The number of urea groups is 1. The maximum atomic E-state index is 13.3. The topological polar surface area (TPSA) is 43.9 Å². The molecule has 0 saturated carbocycles. The van der Waals surface area contributed by atoms with Crippen LogP contribution in [0.2, 0.25) is 0 Å². The number of hydrogen-bond acceptors (Lipinski definition) is 3. The van der Waals surface area contributed by atoms with Gasteiger partial charge in [0.15, 0.2) is 0 Å². The van der Waals surface area contributed by atoms with Crippen molar-refractivity contribution in [2.75, 3.05) is 26.7 Å². The predicted molar refractivity (Wildman–Crippen MR) is 119 cm³/mol. The molecule has 0 aromatic heterocycles. The Balaban J connectivity index is 1.41. The molecule has 0 bridgehead atoms. The van der Waals surface area contributed by atoms with Crippen LogP contribution < -0.4 is 0 Å². The van der Waals surface area contributed by atoms with Crippen LogP contribution in [0.25, 0.3) is 6.08 Å². The number of rotatable bonds is 5. The third-order valence-electron chi connectivity index (χ3n) is 6.17. The highest BCUT2D eigenvalue weighted by molar-refractivity contribution is 6.31. The first-order valence-electron chi connectivity index (χ1n) is 10.3. The Morgan fingerprint density at radius 1 is 1.00 bits per heavy atom. The lowest BCUT2D eigenvalue weighted by atomic mass is 9.86. The molecule has 2 saturated heterocycles. The molecule has 3 amide bonds. The van der Waals surface area contributed by atoms with Crippen LogP contribution in [-0.2, 0) is 11.3 Å². The van der Waals surface area contributed by atoms with Crippen LogP contribution in [-0.4, -0.2) is 58.9 Å². The van der Waals surface area contributed by atoms with E-state index in [-0.39, 0.29) is 11.9 Å². The van der Waals surface area contributed by atoms with Gasteiger partial charge in [0.25, 0.3) is 5.91 Å². The minimum absolute atomic E-state index is 0.0792. The molecular formula is C24H26ClN3O2. The fourth-order valence-corrected chi connectivity index (χ4v) is 4.67. The predicted octanol–water partition coefficient (Wildman–Crippen LogP) is 4.20. The van der Waals surface area contributed by atoms with E-state index < -0.39 is 5.54 Å². The Morgan fingerprint density at radius 3 is 2.23 bits per heavy atom. The number of amides is 3. The molecule has 0 aliphatic carbocycles. The second-order valence-electron chi connectivity index (χ2n) is 8.03. The lowest BCUT2D eigenvalue weighted by molar-refractivity contribution is -0.135. The largest absolute Gasteiger partial charge is 0.327 e. The van der Waals surface area contributed by atoms with Crippen molar-refractivity contribution in [1.29, 1.82) is 0 Å². The van der Waals surface area contributed by atoms with Gasteiger partial charge in [0, 0.05) is 31.7 Å². The Labute approximate surface area is 182 Å². The summed E-state index contributed by atoms with van der Waals surface area (Å²) in [5.74, 6) is -0.0792. The van der Waals surface area contributed by atoms with E-state index in [1.165, 1.54) is 4.90 Å². The van der Waals surface area contributed by atoms with E-state index in [4.69, 9.17) is 11.6 Å². The van der Waals surface area contributed by atoms with Gasteiger partial charge in [0.2, 0.25) is 0 Å². The molecule has 2 aliphatic heterocycles. The average Bonchev–Trinajstić information content (AvgIpc) is 2.93. The number of benzene rings is 2. The summed E-state index contributed by atoms with van der Waals surface area (Å²) in [6.07, 6.45) is 3.22. The summed E-state index contributed by atoms with van der Waals surface area (Å²) in [5.41, 5.74) is 1.29. The Bertz CT molecular complexity index is 937. The molecule has 2 aromatic carbocycles. The molecule has 2 aliphatic rings. The molecule has 2 heterocycles. The third kappa shape index (κ3) is 4.00. The minimum Gasteiger partial charge on any atom is -0.312 e. The Kier molecular flexibility index (Phi) is 5.93. The van der Waals surface area contributed by atoms with Crippen molar-refractivity contribution in [3.8, 4) is 0 Å². The van der Waals surface area contributed by atoms with Crippen molar-refractivity contribution in [2.45, 2.75) is 24.9 Å². The van der Waals surface area contributed by atoms with Gasteiger partial charge < -0.3 is 4.90 Å². The molecule has 6 heteroatoms. The SMILES string of the molecule is CN1C(=O)N(Cc2ccccc2)C(=O)C12CCN(C/C(Cl)=C/c1ccccc1)CC2. The molecule has 2 aromatic rings. The van der Waals surface area contributed by atoms with E-state index in [1.54, 1.807) is 11.9 Å². The lowest BCUT2D eigenvalue weighted by Gasteiger charge is -2.40. The van der Waals surface area contributed by atoms with Crippen molar-refractivity contribution >= 4 is 29.6 Å². The summed E-state index contributed by atoms with van der Waals surface area (Å²) in [5, 5.41) is 0.769. The molecular weight excluding hydrogens is 398 g/mol. The fourth-order valence-electron chi connectivity index (χ4n) is 4.37. The van der Waals surface area contributed by atoms with Crippen LogP contribution in [0.3, 0.4) is 0 Å². The van der Waals surface area contributed by atoms with Crippen molar-refractivity contribution in [3.05, 3.63) is 76.8 Å². The van der Waals surface area contributed by atoms with E-state index in [9.17, 15) is 9.59 Å². The molecule has 1 spiro atoms. The first-order valence-corrected chi connectivity index (χ1v) is 10.6. The Morgan fingerprint density at radius 2 is 1.60 bits per heavy atom. The normalized spacial score (nSPS) is 19.7. The summed E-state index contributed by atoms with van der Waals surface area (Å²) in [7, 11) is 1.75. The minimum atomic E-state index is -0.738. The van der Waals surface area contributed by atoms with Crippen LogP contribution in [0, 0.1) is 0 Å². The van der Waals surface area contributed by atoms with Gasteiger partial charge in [-0.15, -0.1) is 0 Å². The molecule has 5 nitrogen and oxygen atoms in total. The number of carbonyl (C=O) groups is 2. The van der Waals surface area contributed by atoms with E-state index in [0.29, 0.717) is 25.9 Å². The quantitative estimate of drug-likeness (QED) is 0.677. The highest BCUT2D eigenvalue weighted by Gasteiger charge is 2.56. The van der Waals surface area contributed by atoms with E-state index in [2.05, 4.69) is 4.90 Å². The molecule has 2 fully saturated rings. The van der Waals surface area contributed by atoms with Gasteiger partial charge in [-0.25, -0.2) is 4.79 Å². The monoisotopic (exact) mass is 423 g/mol. The maximum absolute atomic E-state index is 13.3. The Hall–Kier alpha value is -2.63. The number of piperidine rings is 1. The zero-order valence-corrected chi connectivity index (χ0v) is 17.9. The molecule has 0 atom stereocenters. The van der Waals surface area contributed by atoms with Crippen molar-refractivity contribution < 1.29 is 9.59 Å². The van der Waals surface area contributed by atoms with E-state index in [1.807, 2.05) is 66.7 Å². The third-order valence-corrected chi connectivity index (χ3v) is 6.40. The van der Waals surface area contributed by atoms with Gasteiger partial charge in [-0.1, -0.05) is 72.3 Å². The number of nitrogens with zero attached hydrogens (tertiary/aromatic N) is 3. The van der Waals surface area contributed by atoms with Crippen molar-refractivity contribution in [3.63, 3.8) is 0 Å². The number of halogens is 1. The smallest absolute Gasteiger partial charge is 0.312 e. The first kappa shape index (κ1) is 20.6. The molecule has 0 N–H and O–H groups in total. The van der Waals surface area contributed by atoms with Crippen LogP contribution in [0.1, 0.15) is 24.0 Å². The van der Waals surface area contributed by atoms with Gasteiger partial charge in [0.1, 0.15) is 5.54 Å². The van der Waals surface area contributed by atoms with Gasteiger partial charge in [-0.3, -0.25) is 14.6 Å². The van der Waals surface area contributed by atoms with Crippen LogP contribution in [0.5, 0.6) is 0 Å². The zero-order chi connectivity index (χ0) is 21.1. The summed E-state index contributed by atoms with van der Waals surface area (Å²) >= 11 is 6.47. The number of likely N-dealkylation sites (N-methyl/N-ethyl adjacent to an activating group) is 1. The molecule has 30 heavy (non-hydrogen) atoms. The second-order valence-corrected chi connectivity index (χ2v) is 8.51. The molecule has 0 unspecified atom stereocenters. The van der Waals surface area contributed by atoms with E-state index >= 15 is 0 Å². The number of likely N-dealkylation sites (tertiary alicyclic amines) is 1. The zero-order valence-electron chi connectivity index (χ0n) is 17.1. The molecule has 4 rings (SSSR count). The summed E-state index contributed by atoms with van der Waals surface area (Å²) in [4.78, 5) is 31.4. The van der Waals surface area contributed by atoms with Crippen LogP contribution in [0.15, 0.2) is 65.7 Å². The number of hydrogen-bond donors (Lipinski definition) is 0. The van der Waals surface area contributed by atoms with Gasteiger partial charge in [0.05, 0.1) is 6.54 Å².